The lowest BCUT2D eigenvalue weighted by atomic mass is 10.2. The van der Waals surface area contributed by atoms with Crippen molar-refractivity contribution in [1.29, 1.82) is 0 Å². The third-order valence-corrected chi connectivity index (χ3v) is 5.07. The zero-order valence-corrected chi connectivity index (χ0v) is 17.6. The van der Waals surface area contributed by atoms with E-state index < -0.39 is 12.8 Å². The summed E-state index contributed by atoms with van der Waals surface area (Å²) in [5, 5.41) is 3.52. The predicted octanol–water partition coefficient (Wildman–Crippen LogP) is 4.09. The molecule has 0 spiro atoms. The summed E-state index contributed by atoms with van der Waals surface area (Å²) in [7, 11) is 0. The van der Waals surface area contributed by atoms with Crippen LogP contribution in [-0.2, 0) is 13.1 Å². The molecule has 0 unspecified atom stereocenters. The highest BCUT2D eigenvalue weighted by atomic mass is 35.5. The van der Waals surface area contributed by atoms with Crippen LogP contribution in [0.15, 0.2) is 42.6 Å². The zero-order chi connectivity index (χ0) is 22.3. The van der Waals surface area contributed by atoms with Gasteiger partial charge in [0.15, 0.2) is 6.61 Å². The number of pyridine rings is 1. The monoisotopic (exact) mass is 456 g/mol. The highest BCUT2D eigenvalue weighted by Gasteiger charge is 2.28. The number of carbonyl (C=O) groups excluding carboxylic acids is 1. The van der Waals surface area contributed by atoms with Gasteiger partial charge in [-0.1, -0.05) is 23.7 Å². The lowest BCUT2D eigenvalue weighted by molar-refractivity contribution is -0.154. The molecule has 1 fully saturated rings. The van der Waals surface area contributed by atoms with Gasteiger partial charge in [-0.25, -0.2) is 9.78 Å². The first-order valence-corrected chi connectivity index (χ1v) is 10.3. The molecule has 0 saturated carbocycles. The van der Waals surface area contributed by atoms with Crippen molar-refractivity contribution in [1.82, 2.24) is 20.1 Å². The van der Waals surface area contributed by atoms with E-state index in [1.165, 1.54) is 17.8 Å². The molecule has 1 N–H and O–H groups in total. The number of nitrogens with one attached hydrogen (secondary N) is 1. The third-order valence-electron chi connectivity index (χ3n) is 4.82. The number of aromatic nitrogens is 1. The molecule has 6 nitrogen and oxygen atoms in total. The lowest BCUT2D eigenvalue weighted by Gasteiger charge is -2.22. The van der Waals surface area contributed by atoms with Crippen molar-refractivity contribution >= 4 is 17.6 Å². The second-order valence-corrected chi connectivity index (χ2v) is 7.74. The van der Waals surface area contributed by atoms with Crippen LogP contribution < -0.4 is 10.1 Å². The van der Waals surface area contributed by atoms with E-state index in [1.54, 1.807) is 11.0 Å². The number of halogens is 4. The van der Waals surface area contributed by atoms with E-state index in [-0.39, 0.29) is 18.5 Å². The summed E-state index contributed by atoms with van der Waals surface area (Å²) in [6.07, 6.45) is -2.22. The smallest absolute Gasteiger partial charge is 0.422 e. The maximum Gasteiger partial charge on any atom is 0.422 e. The van der Waals surface area contributed by atoms with Gasteiger partial charge in [0.2, 0.25) is 5.88 Å². The van der Waals surface area contributed by atoms with Gasteiger partial charge < -0.3 is 15.0 Å². The summed E-state index contributed by atoms with van der Waals surface area (Å²) in [5.74, 6) is -0.128. The molecule has 1 aliphatic rings. The third kappa shape index (κ3) is 7.91. The van der Waals surface area contributed by atoms with Gasteiger partial charge in [0.1, 0.15) is 0 Å². The van der Waals surface area contributed by atoms with E-state index >= 15 is 0 Å². The summed E-state index contributed by atoms with van der Waals surface area (Å²) in [6, 6.07) is 10.5. The largest absolute Gasteiger partial charge is 0.468 e. The van der Waals surface area contributed by atoms with Crippen LogP contribution in [0.3, 0.4) is 0 Å². The summed E-state index contributed by atoms with van der Waals surface area (Å²) < 4.78 is 41.5. The van der Waals surface area contributed by atoms with E-state index in [0.29, 0.717) is 23.7 Å². The number of amides is 2. The minimum atomic E-state index is -4.43. The molecule has 0 bridgehead atoms. The maximum absolute atomic E-state index is 12.6. The van der Waals surface area contributed by atoms with E-state index in [2.05, 4.69) is 19.9 Å². The van der Waals surface area contributed by atoms with E-state index in [9.17, 15) is 18.0 Å². The molecule has 2 heterocycles. The molecule has 3 rings (SSSR count). The minimum Gasteiger partial charge on any atom is -0.468 e. The molecule has 1 aromatic heterocycles. The standard InChI is InChI=1S/C21H24ClF3N4O2/c22-18-4-2-16(3-5-18)14-28-8-1-9-29(11-10-28)20(30)27-13-17-6-7-26-19(12-17)31-15-21(23,24)25/h2-7,12H,1,8-11,13-15H2,(H,27,30). The van der Waals surface area contributed by atoms with Crippen molar-refractivity contribution in [2.75, 3.05) is 32.8 Å². The molecule has 0 aliphatic carbocycles. The van der Waals surface area contributed by atoms with Gasteiger partial charge in [-0.2, -0.15) is 13.2 Å². The van der Waals surface area contributed by atoms with Crippen LogP contribution in [0.2, 0.25) is 5.02 Å². The molecule has 0 atom stereocenters. The first-order chi connectivity index (χ1) is 14.8. The summed E-state index contributed by atoms with van der Waals surface area (Å²) in [6.45, 7) is 2.43. The second-order valence-electron chi connectivity index (χ2n) is 7.31. The Morgan fingerprint density at radius 1 is 1.10 bits per heavy atom. The topological polar surface area (TPSA) is 57.7 Å². The van der Waals surface area contributed by atoms with Crippen LogP contribution in [0.1, 0.15) is 17.5 Å². The van der Waals surface area contributed by atoms with Crippen molar-refractivity contribution in [2.24, 2.45) is 0 Å². The Hall–Kier alpha value is -2.52. The van der Waals surface area contributed by atoms with E-state index in [4.69, 9.17) is 11.6 Å². The molecule has 0 radical (unpaired) electrons. The number of alkyl halides is 3. The number of rotatable bonds is 6. The molecular weight excluding hydrogens is 433 g/mol. The first-order valence-electron chi connectivity index (χ1n) is 9.92. The van der Waals surface area contributed by atoms with Crippen molar-refractivity contribution in [2.45, 2.75) is 25.7 Å². The van der Waals surface area contributed by atoms with Crippen LogP contribution in [0.4, 0.5) is 18.0 Å². The number of hydrogen-bond acceptors (Lipinski definition) is 4. The Labute approximate surface area is 183 Å². The number of hydrogen-bond donors (Lipinski definition) is 1. The van der Waals surface area contributed by atoms with Gasteiger partial charge in [0, 0.05) is 56.6 Å². The molecule has 1 aromatic carbocycles. The van der Waals surface area contributed by atoms with E-state index in [0.717, 1.165) is 26.1 Å². The summed E-state index contributed by atoms with van der Waals surface area (Å²) in [5.41, 5.74) is 1.78. The molecule has 1 aliphatic heterocycles. The average Bonchev–Trinajstić information content (AvgIpc) is 2.98. The fourth-order valence-electron chi connectivity index (χ4n) is 3.26. The van der Waals surface area contributed by atoms with Gasteiger partial charge in [-0.05, 0) is 35.7 Å². The number of ether oxygens (including phenoxy) is 1. The van der Waals surface area contributed by atoms with Crippen LogP contribution >= 0.6 is 11.6 Å². The molecule has 2 aromatic rings. The Morgan fingerprint density at radius 3 is 2.61 bits per heavy atom. The average molecular weight is 457 g/mol. The highest BCUT2D eigenvalue weighted by Crippen LogP contribution is 2.18. The van der Waals surface area contributed by atoms with Crippen LogP contribution in [-0.4, -0.2) is 59.8 Å². The summed E-state index contributed by atoms with van der Waals surface area (Å²) >= 11 is 5.93. The SMILES string of the molecule is O=C(NCc1ccnc(OCC(F)(F)F)c1)N1CCCN(Cc2ccc(Cl)cc2)CC1. The zero-order valence-electron chi connectivity index (χ0n) is 16.9. The minimum absolute atomic E-state index is 0.128. The molecule has 31 heavy (non-hydrogen) atoms. The van der Waals surface area contributed by atoms with Crippen LogP contribution in [0.25, 0.3) is 0 Å². The van der Waals surface area contributed by atoms with Crippen molar-refractivity contribution in [3.05, 3.63) is 58.7 Å². The summed E-state index contributed by atoms with van der Waals surface area (Å²) in [4.78, 5) is 20.4. The van der Waals surface area contributed by atoms with Gasteiger partial charge in [0.05, 0.1) is 0 Å². The predicted molar refractivity (Wildman–Crippen MR) is 111 cm³/mol. The number of urea groups is 1. The number of nitrogens with zero attached hydrogens (tertiary/aromatic N) is 3. The molecular formula is C21H24ClF3N4O2. The van der Waals surface area contributed by atoms with Crippen molar-refractivity contribution in [3.63, 3.8) is 0 Å². The Bertz CT molecular complexity index is 864. The number of benzene rings is 1. The number of carbonyl (C=O) groups is 1. The van der Waals surface area contributed by atoms with Gasteiger partial charge in [-0.15, -0.1) is 0 Å². The van der Waals surface area contributed by atoms with Crippen molar-refractivity contribution in [3.8, 4) is 5.88 Å². The van der Waals surface area contributed by atoms with E-state index in [1.807, 2.05) is 24.3 Å². The molecule has 2 amide bonds. The Morgan fingerprint density at radius 2 is 1.87 bits per heavy atom. The molecule has 10 heteroatoms. The Kier molecular flexibility index (Phi) is 7.97. The second kappa shape index (κ2) is 10.7. The fourth-order valence-corrected chi connectivity index (χ4v) is 3.39. The fraction of sp³-hybridized carbons (Fsp3) is 0.429. The normalized spacial score (nSPS) is 15.4. The van der Waals surface area contributed by atoms with Crippen molar-refractivity contribution < 1.29 is 22.7 Å². The first kappa shape index (κ1) is 23.1. The van der Waals surface area contributed by atoms with Gasteiger partial charge >= 0.3 is 12.2 Å². The molecule has 1 saturated heterocycles. The quantitative estimate of drug-likeness (QED) is 0.711. The maximum atomic E-state index is 12.6. The highest BCUT2D eigenvalue weighted by molar-refractivity contribution is 6.30. The van der Waals surface area contributed by atoms with Crippen LogP contribution in [0.5, 0.6) is 5.88 Å². The van der Waals surface area contributed by atoms with Crippen LogP contribution in [0, 0.1) is 0 Å². The van der Waals surface area contributed by atoms with Gasteiger partial charge in [-0.3, -0.25) is 4.90 Å². The van der Waals surface area contributed by atoms with Gasteiger partial charge in [0.25, 0.3) is 0 Å². The Balaban J connectivity index is 1.46. The molecule has 168 valence electrons. The lowest BCUT2D eigenvalue weighted by Crippen LogP contribution is -2.41.